The fraction of sp³-hybridized carbons (Fsp3) is 0.333. The molecule has 0 unspecified atom stereocenters. The molecule has 2 aromatic heterocycles. The van der Waals surface area contributed by atoms with Crippen molar-refractivity contribution in [1.29, 1.82) is 0 Å². The van der Waals surface area contributed by atoms with Gasteiger partial charge in [-0.25, -0.2) is 19.6 Å². The Kier molecular flexibility index (Phi) is 4.27. The zero-order valence-electron chi connectivity index (χ0n) is 14.5. The van der Waals surface area contributed by atoms with Crippen molar-refractivity contribution < 1.29 is 19.8 Å². The van der Waals surface area contributed by atoms with Crippen LogP contribution in [0.3, 0.4) is 0 Å². The average molecular weight is 356 g/mol. The van der Waals surface area contributed by atoms with Gasteiger partial charge >= 0.3 is 11.9 Å². The molecule has 136 valence electrons. The van der Waals surface area contributed by atoms with E-state index in [4.69, 9.17) is 0 Å². The first-order valence-corrected chi connectivity index (χ1v) is 8.34. The van der Waals surface area contributed by atoms with Crippen molar-refractivity contribution in [2.24, 2.45) is 0 Å². The van der Waals surface area contributed by atoms with E-state index in [1.807, 2.05) is 13.8 Å². The number of hydrogen-bond acceptors (Lipinski definition) is 4. The number of aryl methyl sites for hydroxylation is 2. The molecule has 8 heteroatoms. The fourth-order valence-electron chi connectivity index (χ4n) is 3.30. The summed E-state index contributed by atoms with van der Waals surface area (Å²) in [6.45, 7) is 3.76. The highest BCUT2D eigenvalue weighted by Gasteiger charge is 2.46. The van der Waals surface area contributed by atoms with Gasteiger partial charge in [0.2, 0.25) is 0 Å². The van der Waals surface area contributed by atoms with Gasteiger partial charge in [0.1, 0.15) is 11.6 Å². The van der Waals surface area contributed by atoms with Crippen molar-refractivity contribution >= 4 is 11.9 Å². The SMILES string of the molecule is CCc1nccn1C1(C(=O)O)C=CC(C(=O)O)(n2ccnc2CC)C=C1. The maximum Gasteiger partial charge on any atom is 0.338 e. The summed E-state index contributed by atoms with van der Waals surface area (Å²) in [5.74, 6) is -1.03. The molecule has 0 amide bonds. The van der Waals surface area contributed by atoms with Crippen molar-refractivity contribution in [3.8, 4) is 0 Å². The Hall–Kier alpha value is -3.16. The van der Waals surface area contributed by atoms with E-state index in [2.05, 4.69) is 9.97 Å². The third-order valence-electron chi connectivity index (χ3n) is 4.73. The number of aromatic nitrogens is 4. The van der Waals surface area contributed by atoms with E-state index < -0.39 is 23.0 Å². The summed E-state index contributed by atoms with van der Waals surface area (Å²) in [6.07, 6.45) is 13.0. The molecule has 26 heavy (non-hydrogen) atoms. The summed E-state index contributed by atoms with van der Waals surface area (Å²) in [5.41, 5.74) is -3.04. The Labute approximate surface area is 150 Å². The van der Waals surface area contributed by atoms with E-state index in [1.165, 1.54) is 36.7 Å². The molecule has 2 aromatic rings. The molecule has 1 aliphatic rings. The zero-order valence-corrected chi connectivity index (χ0v) is 14.5. The lowest BCUT2D eigenvalue weighted by atomic mass is 9.84. The lowest BCUT2D eigenvalue weighted by molar-refractivity contribution is -0.145. The molecular weight excluding hydrogens is 336 g/mol. The zero-order chi connectivity index (χ0) is 18.9. The molecule has 0 aromatic carbocycles. The van der Waals surface area contributed by atoms with Gasteiger partial charge in [-0.1, -0.05) is 13.8 Å². The number of carboxylic acid groups (broad SMARTS) is 2. The van der Waals surface area contributed by atoms with E-state index in [0.717, 1.165) is 0 Å². The second-order valence-corrected chi connectivity index (χ2v) is 6.06. The maximum atomic E-state index is 12.1. The molecule has 2 N–H and O–H groups in total. The molecule has 3 rings (SSSR count). The van der Waals surface area contributed by atoms with Crippen LogP contribution in [0.25, 0.3) is 0 Å². The first kappa shape index (κ1) is 17.7. The molecule has 0 bridgehead atoms. The summed E-state index contributed by atoms with van der Waals surface area (Å²) in [5, 5.41) is 19.8. The third-order valence-corrected chi connectivity index (χ3v) is 4.73. The summed E-state index contributed by atoms with van der Waals surface area (Å²) in [6, 6.07) is 0. The largest absolute Gasteiger partial charge is 0.479 e. The molecule has 0 saturated carbocycles. The minimum absolute atomic E-state index is 0.551. The molecule has 1 aliphatic carbocycles. The minimum atomic E-state index is -1.52. The first-order chi connectivity index (χ1) is 12.4. The fourth-order valence-corrected chi connectivity index (χ4v) is 3.30. The van der Waals surface area contributed by atoms with Crippen LogP contribution in [-0.2, 0) is 33.5 Å². The standard InChI is InChI=1S/C18H20N4O4/c1-3-13-19-9-11-21(13)17(15(23)24)5-7-18(8-6-17,16(25)26)22-12-10-20-14(22)4-2/h5-12H,3-4H2,1-2H3,(H,23,24)(H,25,26). The minimum Gasteiger partial charge on any atom is -0.479 e. The van der Waals surface area contributed by atoms with Gasteiger partial charge in [0.25, 0.3) is 0 Å². The van der Waals surface area contributed by atoms with E-state index in [1.54, 1.807) is 21.5 Å². The van der Waals surface area contributed by atoms with Crippen molar-refractivity contribution in [3.05, 3.63) is 60.7 Å². The number of rotatable bonds is 6. The highest BCUT2D eigenvalue weighted by molar-refractivity contribution is 5.87. The van der Waals surface area contributed by atoms with Gasteiger partial charge in [0.05, 0.1) is 0 Å². The van der Waals surface area contributed by atoms with Gasteiger partial charge in [-0.2, -0.15) is 0 Å². The van der Waals surface area contributed by atoms with Crippen LogP contribution in [0.1, 0.15) is 25.5 Å². The number of imidazole rings is 2. The summed E-state index contributed by atoms with van der Waals surface area (Å²) in [7, 11) is 0. The van der Waals surface area contributed by atoms with Crippen LogP contribution in [-0.4, -0.2) is 41.3 Å². The molecule has 0 aliphatic heterocycles. The quantitative estimate of drug-likeness (QED) is 0.761. The number of hydrogen-bond donors (Lipinski definition) is 2. The average Bonchev–Trinajstić information content (AvgIpc) is 3.30. The van der Waals surface area contributed by atoms with Crippen molar-refractivity contribution in [1.82, 2.24) is 19.1 Å². The third kappa shape index (κ3) is 2.37. The molecular formula is C18H20N4O4. The molecule has 0 radical (unpaired) electrons. The number of carboxylic acids is 2. The van der Waals surface area contributed by atoms with E-state index in [0.29, 0.717) is 24.5 Å². The van der Waals surface area contributed by atoms with Crippen molar-refractivity contribution in [3.63, 3.8) is 0 Å². The highest BCUT2D eigenvalue weighted by atomic mass is 16.4. The summed E-state index contributed by atoms with van der Waals surface area (Å²) >= 11 is 0. The first-order valence-electron chi connectivity index (χ1n) is 8.34. The van der Waals surface area contributed by atoms with Crippen LogP contribution >= 0.6 is 0 Å². The van der Waals surface area contributed by atoms with Crippen LogP contribution < -0.4 is 0 Å². The number of aliphatic carboxylic acids is 2. The monoisotopic (exact) mass is 356 g/mol. The summed E-state index contributed by atoms with van der Waals surface area (Å²) < 4.78 is 3.09. The lowest BCUT2D eigenvalue weighted by Crippen LogP contribution is -2.46. The Morgan fingerprint density at radius 3 is 1.46 bits per heavy atom. The molecule has 0 fully saturated rings. The maximum absolute atomic E-state index is 12.1. The molecule has 0 saturated heterocycles. The van der Waals surface area contributed by atoms with Crippen molar-refractivity contribution in [2.75, 3.05) is 0 Å². The smallest absolute Gasteiger partial charge is 0.338 e. The predicted molar refractivity (Wildman–Crippen MR) is 92.7 cm³/mol. The number of carbonyl (C=O) groups is 2. The molecule has 8 nitrogen and oxygen atoms in total. The van der Waals surface area contributed by atoms with Crippen LogP contribution in [0.4, 0.5) is 0 Å². The highest BCUT2D eigenvalue weighted by Crippen LogP contribution is 2.34. The van der Waals surface area contributed by atoms with Gasteiger partial charge in [0.15, 0.2) is 11.1 Å². The van der Waals surface area contributed by atoms with Gasteiger partial charge in [0, 0.05) is 37.6 Å². The lowest BCUT2D eigenvalue weighted by Gasteiger charge is -2.35. The Morgan fingerprint density at radius 2 is 1.19 bits per heavy atom. The van der Waals surface area contributed by atoms with Crippen LogP contribution in [0, 0.1) is 0 Å². The molecule has 0 atom stereocenters. The summed E-state index contributed by atoms with van der Waals surface area (Å²) in [4.78, 5) is 32.6. The Balaban J connectivity index is 2.16. The topological polar surface area (TPSA) is 110 Å². The van der Waals surface area contributed by atoms with Gasteiger partial charge in [-0.05, 0) is 24.3 Å². The Bertz CT molecular complexity index is 820. The molecule has 0 spiro atoms. The predicted octanol–water partition coefficient (Wildman–Crippen LogP) is 1.59. The van der Waals surface area contributed by atoms with Gasteiger partial charge < -0.3 is 19.3 Å². The van der Waals surface area contributed by atoms with Crippen molar-refractivity contribution in [2.45, 2.75) is 37.8 Å². The van der Waals surface area contributed by atoms with E-state index >= 15 is 0 Å². The van der Waals surface area contributed by atoms with E-state index in [9.17, 15) is 19.8 Å². The second-order valence-electron chi connectivity index (χ2n) is 6.06. The normalized spacial score (nSPS) is 24.7. The number of nitrogens with zero attached hydrogens (tertiary/aromatic N) is 4. The van der Waals surface area contributed by atoms with Gasteiger partial charge in [-0.15, -0.1) is 0 Å². The van der Waals surface area contributed by atoms with Crippen LogP contribution in [0.15, 0.2) is 49.1 Å². The Morgan fingerprint density at radius 1 is 0.846 bits per heavy atom. The van der Waals surface area contributed by atoms with Crippen LogP contribution in [0.2, 0.25) is 0 Å². The van der Waals surface area contributed by atoms with Gasteiger partial charge in [-0.3, -0.25) is 0 Å². The van der Waals surface area contributed by atoms with Crippen LogP contribution in [0.5, 0.6) is 0 Å². The van der Waals surface area contributed by atoms with E-state index in [-0.39, 0.29) is 0 Å². The molecule has 2 heterocycles. The second kappa shape index (κ2) is 6.29.